The minimum Gasteiger partial charge on any atom is -0.481 e. The quantitative estimate of drug-likeness (QED) is 0.788. The number of aliphatic carboxylic acids is 1. The van der Waals surface area contributed by atoms with E-state index in [0.29, 0.717) is 24.3 Å². The molecule has 3 N–H and O–H groups in total. The highest BCUT2D eigenvalue weighted by Crippen LogP contribution is 2.20. The van der Waals surface area contributed by atoms with E-state index in [1.54, 1.807) is 29.2 Å². The number of carboxylic acids is 1. The third-order valence-electron chi connectivity index (χ3n) is 3.81. The maximum Gasteiger partial charge on any atom is 0.321 e. The first-order valence-corrected chi connectivity index (χ1v) is 7.01. The van der Waals surface area contributed by atoms with E-state index < -0.39 is 12.1 Å². The number of aliphatic hydroxyl groups is 1. The summed E-state index contributed by atoms with van der Waals surface area (Å²) in [7, 11) is 0. The third kappa shape index (κ3) is 3.95. The van der Waals surface area contributed by atoms with E-state index in [4.69, 9.17) is 5.11 Å². The molecule has 1 aromatic carbocycles. The first-order valence-electron chi connectivity index (χ1n) is 7.01. The summed E-state index contributed by atoms with van der Waals surface area (Å²) in [5.41, 5.74) is 1.06. The van der Waals surface area contributed by atoms with Crippen molar-refractivity contribution in [3.63, 3.8) is 0 Å². The van der Waals surface area contributed by atoms with Crippen LogP contribution in [0.5, 0.6) is 0 Å². The summed E-state index contributed by atoms with van der Waals surface area (Å²) in [5, 5.41) is 21.5. The van der Waals surface area contributed by atoms with Gasteiger partial charge in [0.05, 0.1) is 12.5 Å². The maximum absolute atomic E-state index is 12.2. The smallest absolute Gasteiger partial charge is 0.321 e. The van der Waals surface area contributed by atoms with Gasteiger partial charge >= 0.3 is 12.0 Å². The van der Waals surface area contributed by atoms with E-state index >= 15 is 0 Å². The van der Waals surface area contributed by atoms with Gasteiger partial charge in [-0.3, -0.25) is 4.79 Å². The number of nitrogens with one attached hydrogen (secondary N) is 1. The molecule has 0 radical (unpaired) electrons. The van der Waals surface area contributed by atoms with Gasteiger partial charge in [-0.15, -0.1) is 0 Å². The van der Waals surface area contributed by atoms with Crippen LogP contribution in [0.3, 0.4) is 0 Å². The number of carbonyl (C=O) groups is 2. The number of carbonyl (C=O) groups excluding carboxylic acids is 1. The lowest BCUT2D eigenvalue weighted by Crippen LogP contribution is -2.47. The van der Waals surface area contributed by atoms with Crippen LogP contribution in [0.2, 0.25) is 0 Å². The van der Waals surface area contributed by atoms with E-state index in [9.17, 15) is 14.7 Å². The normalized spacial score (nSPS) is 21.9. The molecule has 2 rings (SSSR count). The molecule has 0 bridgehead atoms. The minimum atomic E-state index is -0.945. The number of β-amino-alcohol motifs (C(OH)–C–C–N with tert-alkyl or cyclic N) is 1. The number of aliphatic hydroxyl groups excluding tert-OH is 1. The molecular formula is C15H20N2O4. The molecule has 6 heteroatoms. The standard InChI is InChI=1S/C15H20N2O4/c1-10-6-7-17(9-13(10)18)15(21)16-12-5-3-2-4-11(12)8-14(19)20/h2-5,10,13,18H,6-9H2,1H3,(H,16,21)(H,19,20). The van der Waals surface area contributed by atoms with Crippen molar-refractivity contribution in [2.45, 2.75) is 25.9 Å². The van der Waals surface area contributed by atoms with Crippen LogP contribution < -0.4 is 5.32 Å². The number of rotatable bonds is 3. The summed E-state index contributed by atoms with van der Waals surface area (Å²) in [4.78, 5) is 24.6. The Morgan fingerprint density at radius 3 is 2.76 bits per heavy atom. The van der Waals surface area contributed by atoms with E-state index in [0.717, 1.165) is 6.42 Å². The molecule has 1 aromatic rings. The first kappa shape index (κ1) is 15.3. The SMILES string of the molecule is CC1CCN(C(=O)Nc2ccccc2CC(=O)O)CC1O. The van der Waals surface area contributed by atoms with Crippen LogP contribution in [-0.4, -0.2) is 46.3 Å². The van der Waals surface area contributed by atoms with E-state index in [-0.39, 0.29) is 18.4 Å². The number of anilines is 1. The number of benzene rings is 1. The maximum atomic E-state index is 12.2. The van der Waals surface area contributed by atoms with E-state index in [1.807, 2.05) is 6.92 Å². The Bertz CT molecular complexity index is 532. The van der Waals surface area contributed by atoms with Crippen LogP contribution in [0.4, 0.5) is 10.5 Å². The number of urea groups is 1. The highest BCUT2D eigenvalue weighted by Gasteiger charge is 2.27. The summed E-state index contributed by atoms with van der Waals surface area (Å²) >= 11 is 0. The number of nitrogens with zero attached hydrogens (tertiary/aromatic N) is 1. The van der Waals surface area contributed by atoms with Crippen molar-refractivity contribution in [2.24, 2.45) is 5.92 Å². The molecule has 1 aliphatic heterocycles. The van der Waals surface area contributed by atoms with Crippen molar-refractivity contribution in [1.29, 1.82) is 0 Å². The van der Waals surface area contributed by atoms with Crippen molar-refractivity contribution in [3.8, 4) is 0 Å². The van der Waals surface area contributed by atoms with Gasteiger partial charge in [0.2, 0.25) is 0 Å². The zero-order chi connectivity index (χ0) is 15.4. The molecule has 2 amide bonds. The number of carboxylic acid groups (broad SMARTS) is 1. The van der Waals surface area contributed by atoms with Gasteiger partial charge in [0.25, 0.3) is 0 Å². The van der Waals surface area contributed by atoms with Crippen LogP contribution in [0.25, 0.3) is 0 Å². The molecule has 6 nitrogen and oxygen atoms in total. The Hall–Kier alpha value is -2.08. The fourth-order valence-electron chi connectivity index (χ4n) is 2.39. The Morgan fingerprint density at radius 1 is 1.38 bits per heavy atom. The van der Waals surface area contributed by atoms with Crippen molar-refractivity contribution < 1.29 is 19.8 Å². The van der Waals surface area contributed by atoms with Gasteiger partial charge in [0, 0.05) is 18.8 Å². The Kier molecular flexibility index (Phi) is 4.80. The largest absolute Gasteiger partial charge is 0.481 e. The van der Waals surface area contributed by atoms with Crippen LogP contribution in [0, 0.1) is 5.92 Å². The van der Waals surface area contributed by atoms with E-state index in [1.165, 1.54) is 0 Å². The van der Waals surface area contributed by atoms with Crippen LogP contribution in [-0.2, 0) is 11.2 Å². The first-order chi connectivity index (χ1) is 9.97. The molecule has 2 unspecified atom stereocenters. The van der Waals surface area contributed by atoms with Crippen molar-refractivity contribution in [2.75, 3.05) is 18.4 Å². The van der Waals surface area contributed by atoms with Gasteiger partial charge in [0.1, 0.15) is 0 Å². The van der Waals surface area contributed by atoms with Crippen molar-refractivity contribution >= 4 is 17.7 Å². The number of para-hydroxylation sites is 1. The van der Waals surface area contributed by atoms with Gasteiger partial charge < -0.3 is 20.4 Å². The molecule has 0 aliphatic carbocycles. The molecule has 1 aliphatic rings. The Labute approximate surface area is 123 Å². The van der Waals surface area contributed by atoms with Crippen LogP contribution >= 0.6 is 0 Å². The number of likely N-dealkylation sites (tertiary alicyclic amines) is 1. The van der Waals surface area contributed by atoms with Gasteiger partial charge in [-0.1, -0.05) is 25.1 Å². The number of hydrogen-bond donors (Lipinski definition) is 3. The molecule has 21 heavy (non-hydrogen) atoms. The van der Waals surface area contributed by atoms with Gasteiger partial charge in [-0.25, -0.2) is 4.79 Å². The summed E-state index contributed by atoms with van der Waals surface area (Å²) in [6, 6.07) is 6.53. The summed E-state index contributed by atoms with van der Waals surface area (Å²) in [5.74, 6) is -0.757. The molecule has 0 aromatic heterocycles. The molecule has 2 atom stereocenters. The third-order valence-corrected chi connectivity index (χ3v) is 3.81. The number of amides is 2. The zero-order valence-corrected chi connectivity index (χ0v) is 12.0. The van der Waals surface area contributed by atoms with Crippen molar-refractivity contribution in [1.82, 2.24) is 4.90 Å². The lowest BCUT2D eigenvalue weighted by molar-refractivity contribution is -0.136. The average Bonchev–Trinajstić information content (AvgIpc) is 2.43. The van der Waals surface area contributed by atoms with Gasteiger partial charge in [-0.2, -0.15) is 0 Å². The van der Waals surface area contributed by atoms with E-state index in [2.05, 4.69) is 5.32 Å². The fraction of sp³-hybridized carbons (Fsp3) is 0.467. The highest BCUT2D eigenvalue weighted by atomic mass is 16.4. The van der Waals surface area contributed by atoms with Crippen LogP contribution in [0.15, 0.2) is 24.3 Å². The van der Waals surface area contributed by atoms with Gasteiger partial charge in [0.15, 0.2) is 0 Å². The molecule has 1 fully saturated rings. The fourth-order valence-corrected chi connectivity index (χ4v) is 2.39. The second-order valence-corrected chi connectivity index (χ2v) is 5.44. The predicted octanol–water partition coefficient (Wildman–Crippen LogP) is 1.55. The molecular weight excluding hydrogens is 272 g/mol. The number of piperidine rings is 1. The molecule has 0 saturated carbocycles. The lowest BCUT2D eigenvalue weighted by atomic mass is 9.96. The zero-order valence-electron chi connectivity index (χ0n) is 12.0. The second-order valence-electron chi connectivity index (χ2n) is 5.44. The molecule has 1 heterocycles. The Morgan fingerprint density at radius 2 is 2.10 bits per heavy atom. The number of hydrogen-bond acceptors (Lipinski definition) is 3. The highest BCUT2D eigenvalue weighted by molar-refractivity contribution is 5.91. The summed E-state index contributed by atoms with van der Waals surface area (Å²) < 4.78 is 0. The summed E-state index contributed by atoms with van der Waals surface area (Å²) in [6.45, 7) is 2.85. The topological polar surface area (TPSA) is 89.9 Å². The molecule has 114 valence electrons. The average molecular weight is 292 g/mol. The summed E-state index contributed by atoms with van der Waals surface area (Å²) in [6.07, 6.45) is 0.0975. The van der Waals surface area contributed by atoms with Crippen LogP contribution in [0.1, 0.15) is 18.9 Å². The Balaban J connectivity index is 2.04. The van der Waals surface area contributed by atoms with Gasteiger partial charge in [-0.05, 0) is 24.0 Å². The second kappa shape index (κ2) is 6.58. The molecule has 1 saturated heterocycles. The predicted molar refractivity (Wildman–Crippen MR) is 78.2 cm³/mol. The van der Waals surface area contributed by atoms with Crippen molar-refractivity contribution in [3.05, 3.63) is 29.8 Å². The molecule has 0 spiro atoms. The lowest BCUT2D eigenvalue weighted by Gasteiger charge is -2.34. The minimum absolute atomic E-state index is 0.143. The monoisotopic (exact) mass is 292 g/mol.